The second kappa shape index (κ2) is 4.98. The fraction of sp³-hybridized carbons (Fsp3) is 0.182. The van der Waals surface area contributed by atoms with Crippen molar-refractivity contribution in [3.8, 4) is 11.4 Å². The number of aromatic nitrogens is 3. The molecule has 0 saturated carbocycles. The highest BCUT2D eigenvalue weighted by molar-refractivity contribution is 9.10. The lowest BCUT2D eigenvalue weighted by molar-refractivity contribution is 0.961. The molecular formula is C11H10BrClN4. The van der Waals surface area contributed by atoms with E-state index >= 15 is 0 Å². The van der Waals surface area contributed by atoms with Gasteiger partial charge in [-0.05, 0) is 17.7 Å². The first kappa shape index (κ1) is 12.3. The van der Waals surface area contributed by atoms with E-state index in [2.05, 4.69) is 30.9 Å². The van der Waals surface area contributed by atoms with Gasteiger partial charge >= 0.3 is 0 Å². The molecule has 17 heavy (non-hydrogen) atoms. The van der Waals surface area contributed by atoms with Crippen molar-refractivity contribution in [3.63, 3.8) is 0 Å². The number of benzene rings is 1. The molecular weight excluding hydrogens is 304 g/mol. The molecule has 1 aromatic heterocycles. The molecule has 0 aliphatic carbocycles. The Hall–Kier alpha value is -1.20. The van der Waals surface area contributed by atoms with Crippen molar-refractivity contribution in [3.05, 3.63) is 34.0 Å². The first-order chi connectivity index (χ1) is 8.08. The third-order valence-corrected chi connectivity index (χ3v) is 2.97. The Labute approximate surface area is 113 Å². The van der Waals surface area contributed by atoms with Gasteiger partial charge in [0, 0.05) is 24.1 Å². The van der Waals surface area contributed by atoms with Crippen LogP contribution in [0.15, 0.2) is 28.7 Å². The van der Waals surface area contributed by atoms with Gasteiger partial charge in [0.1, 0.15) is 0 Å². The highest BCUT2D eigenvalue weighted by Crippen LogP contribution is 2.26. The summed E-state index contributed by atoms with van der Waals surface area (Å²) in [5.74, 6) is 1.09. The van der Waals surface area contributed by atoms with Crippen molar-refractivity contribution in [1.29, 1.82) is 0 Å². The lowest BCUT2D eigenvalue weighted by Crippen LogP contribution is -2.14. The maximum atomic E-state index is 5.89. The smallest absolute Gasteiger partial charge is 0.229 e. The summed E-state index contributed by atoms with van der Waals surface area (Å²) in [5, 5.41) is 0.189. The van der Waals surface area contributed by atoms with Gasteiger partial charge in [-0.2, -0.15) is 15.0 Å². The Morgan fingerprint density at radius 1 is 1.12 bits per heavy atom. The van der Waals surface area contributed by atoms with Crippen LogP contribution in [0.25, 0.3) is 11.4 Å². The molecule has 2 aromatic rings. The lowest BCUT2D eigenvalue weighted by Gasteiger charge is -2.11. The predicted molar refractivity (Wildman–Crippen MR) is 72.3 cm³/mol. The molecule has 1 heterocycles. The molecule has 0 aliphatic heterocycles. The van der Waals surface area contributed by atoms with E-state index in [1.165, 1.54) is 0 Å². The standard InChI is InChI=1S/C11H10BrClN4/c1-17(2)11-15-9(14-10(13)16-11)7-5-3-4-6-8(7)12/h3-6H,1-2H3. The maximum absolute atomic E-state index is 5.89. The van der Waals surface area contributed by atoms with E-state index in [0.717, 1.165) is 10.0 Å². The van der Waals surface area contributed by atoms with E-state index < -0.39 is 0 Å². The van der Waals surface area contributed by atoms with Gasteiger partial charge in [0.05, 0.1) is 0 Å². The average molecular weight is 314 g/mol. The molecule has 0 saturated heterocycles. The molecule has 0 atom stereocenters. The largest absolute Gasteiger partial charge is 0.347 e. The molecule has 88 valence electrons. The molecule has 0 spiro atoms. The van der Waals surface area contributed by atoms with E-state index in [1.807, 2.05) is 38.4 Å². The molecule has 0 radical (unpaired) electrons. The minimum absolute atomic E-state index is 0.189. The summed E-state index contributed by atoms with van der Waals surface area (Å²) in [5.41, 5.74) is 0.889. The summed E-state index contributed by atoms with van der Waals surface area (Å²) >= 11 is 9.35. The van der Waals surface area contributed by atoms with Crippen LogP contribution in [-0.4, -0.2) is 29.0 Å². The maximum Gasteiger partial charge on any atom is 0.229 e. The second-order valence-electron chi connectivity index (χ2n) is 3.60. The van der Waals surface area contributed by atoms with Gasteiger partial charge in [0.15, 0.2) is 5.82 Å². The molecule has 0 fully saturated rings. The van der Waals surface area contributed by atoms with Crippen LogP contribution in [0.4, 0.5) is 5.95 Å². The van der Waals surface area contributed by atoms with E-state index in [1.54, 1.807) is 4.90 Å². The summed E-state index contributed by atoms with van der Waals surface area (Å²) in [6.07, 6.45) is 0. The topological polar surface area (TPSA) is 41.9 Å². The van der Waals surface area contributed by atoms with Gasteiger partial charge in [-0.25, -0.2) is 0 Å². The fourth-order valence-corrected chi connectivity index (χ4v) is 1.92. The van der Waals surface area contributed by atoms with E-state index in [9.17, 15) is 0 Å². The Morgan fingerprint density at radius 2 is 1.82 bits per heavy atom. The quantitative estimate of drug-likeness (QED) is 0.854. The third kappa shape index (κ3) is 2.73. The molecule has 1 aromatic carbocycles. The zero-order valence-electron chi connectivity index (χ0n) is 9.35. The second-order valence-corrected chi connectivity index (χ2v) is 4.79. The van der Waals surface area contributed by atoms with Crippen LogP contribution in [-0.2, 0) is 0 Å². The van der Waals surface area contributed by atoms with Crippen molar-refractivity contribution < 1.29 is 0 Å². The molecule has 6 heteroatoms. The molecule has 2 rings (SSSR count). The van der Waals surface area contributed by atoms with Crippen molar-refractivity contribution in [1.82, 2.24) is 15.0 Å². The Balaban J connectivity index is 2.56. The number of halogens is 2. The van der Waals surface area contributed by atoms with Crippen LogP contribution in [0.1, 0.15) is 0 Å². The summed E-state index contributed by atoms with van der Waals surface area (Å²) in [7, 11) is 3.71. The summed E-state index contributed by atoms with van der Waals surface area (Å²) in [6, 6.07) is 7.72. The predicted octanol–water partition coefficient (Wildman–Crippen LogP) is 3.02. The van der Waals surface area contributed by atoms with Gasteiger partial charge < -0.3 is 4.90 Å². The van der Waals surface area contributed by atoms with Crippen LogP contribution < -0.4 is 4.90 Å². The van der Waals surface area contributed by atoms with Crippen molar-refractivity contribution in [2.75, 3.05) is 19.0 Å². The summed E-state index contributed by atoms with van der Waals surface area (Å²) in [4.78, 5) is 14.3. The molecule has 0 amide bonds. The monoisotopic (exact) mass is 312 g/mol. The fourth-order valence-electron chi connectivity index (χ4n) is 1.30. The number of rotatable bonds is 2. The minimum Gasteiger partial charge on any atom is -0.347 e. The first-order valence-electron chi connectivity index (χ1n) is 4.91. The Morgan fingerprint density at radius 3 is 2.47 bits per heavy atom. The van der Waals surface area contributed by atoms with Gasteiger partial charge in [0.25, 0.3) is 0 Å². The van der Waals surface area contributed by atoms with E-state index in [-0.39, 0.29) is 5.28 Å². The summed E-state index contributed by atoms with van der Waals surface area (Å²) < 4.78 is 0.923. The highest BCUT2D eigenvalue weighted by atomic mass is 79.9. The molecule has 0 N–H and O–H groups in total. The van der Waals surface area contributed by atoms with Gasteiger partial charge in [0.2, 0.25) is 11.2 Å². The first-order valence-corrected chi connectivity index (χ1v) is 6.09. The molecule has 0 unspecified atom stereocenters. The third-order valence-electron chi connectivity index (χ3n) is 2.11. The number of hydrogen-bond acceptors (Lipinski definition) is 4. The summed E-state index contributed by atoms with van der Waals surface area (Å²) in [6.45, 7) is 0. The number of hydrogen-bond donors (Lipinski definition) is 0. The van der Waals surface area contributed by atoms with Gasteiger partial charge in [-0.3, -0.25) is 0 Å². The van der Waals surface area contributed by atoms with Crippen LogP contribution >= 0.6 is 27.5 Å². The molecule has 0 aliphatic rings. The van der Waals surface area contributed by atoms with Crippen LogP contribution in [0, 0.1) is 0 Å². The van der Waals surface area contributed by atoms with Gasteiger partial charge in [-0.15, -0.1) is 0 Å². The van der Waals surface area contributed by atoms with Crippen molar-refractivity contribution >= 4 is 33.5 Å². The normalized spacial score (nSPS) is 10.4. The van der Waals surface area contributed by atoms with Gasteiger partial charge in [-0.1, -0.05) is 34.1 Å². The molecule has 0 bridgehead atoms. The minimum atomic E-state index is 0.189. The number of anilines is 1. The Bertz CT molecular complexity index is 545. The zero-order chi connectivity index (χ0) is 12.4. The highest BCUT2D eigenvalue weighted by Gasteiger charge is 2.10. The Kier molecular flexibility index (Phi) is 3.59. The van der Waals surface area contributed by atoms with Crippen LogP contribution in [0.2, 0.25) is 5.28 Å². The van der Waals surface area contributed by atoms with E-state index in [4.69, 9.17) is 11.6 Å². The van der Waals surface area contributed by atoms with Crippen molar-refractivity contribution in [2.24, 2.45) is 0 Å². The van der Waals surface area contributed by atoms with E-state index in [0.29, 0.717) is 11.8 Å². The van der Waals surface area contributed by atoms with Crippen LogP contribution in [0.3, 0.4) is 0 Å². The lowest BCUT2D eigenvalue weighted by atomic mass is 10.2. The van der Waals surface area contributed by atoms with Crippen LogP contribution in [0.5, 0.6) is 0 Å². The average Bonchev–Trinajstić information content (AvgIpc) is 2.28. The zero-order valence-corrected chi connectivity index (χ0v) is 11.7. The molecule has 4 nitrogen and oxygen atoms in total. The van der Waals surface area contributed by atoms with Crippen molar-refractivity contribution in [2.45, 2.75) is 0 Å². The number of nitrogens with zero attached hydrogens (tertiary/aromatic N) is 4. The SMILES string of the molecule is CN(C)c1nc(Cl)nc(-c2ccccc2Br)n1.